The number of unbranched alkanes of at least 4 members (excludes halogenated alkanes) is 6. The minimum atomic E-state index is 0.0230. The summed E-state index contributed by atoms with van der Waals surface area (Å²) in [7, 11) is 0. The van der Waals surface area contributed by atoms with Crippen LogP contribution in [0.15, 0.2) is 0 Å². The van der Waals surface area contributed by atoms with Gasteiger partial charge in [0.1, 0.15) is 0 Å². The van der Waals surface area contributed by atoms with Crippen LogP contribution < -0.4 is 0 Å². The molecule has 0 spiro atoms. The summed E-state index contributed by atoms with van der Waals surface area (Å²) in [5, 5.41) is 9.93. The van der Waals surface area contributed by atoms with Gasteiger partial charge in [-0.2, -0.15) is 0 Å². The number of hydrogen-bond donors (Lipinski definition) is 1. The topological polar surface area (TPSA) is 20.2 Å². The quantitative estimate of drug-likeness (QED) is 0.421. The zero-order valence-electron chi connectivity index (χ0n) is 17.6. The molecular formula is C25H46O. The van der Waals surface area contributed by atoms with E-state index in [4.69, 9.17) is 0 Å². The van der Waals surface area contributed by atoms with Crippen LogP contribution in [0, 0.1) is 29.6 Å². The molecule has 0 radical (unpaired) electrons. The van der Waals surface area contributed by atoms with Crippen molar-refractivity contribution in [2.24, 2.45) is 29.6 Å². The van der Waals surface area contributed by atoms with Gasteiger partial charge in [-0.05, 0) is 81.0 Å². The van der Waals surface area contributed by atoms with Crippen LogP contribution >= 0.6 is 0 Å². The van der Waals surface area contributed by atoms with Crippen LogP contribution in [0.3, 0.4) is 0 Å². The molecule has 0 aromatic carbocycles. The Kier molecular flexibility index (Phi) is 8.82. The van der Waals surface area contributed by atoms with E-state index >= 15 is 0 Å². The highest BCUT2D eigenvalue weighted by molar-refractivity contribution is 4.89. The van der Waals surface area contributed by atoms with Crippen molar-refractivity contribution in [3.63, 3.8) is 0 Å². The minimum Gasteiger partial charge on any atom is -0.393 e. The van der Waals surface area contributed by atoms with Gasteiger partial charge in [0, 0.05) is 0 Å². The Morgan fingerprint density at radius 2 is 1.12 bits per heavy atom. The molecule has 3 fully saturated rings. The number of aliphatic hydroxyl groups excluding tert-OH is 1. The summed E-state index contributed by atoms with van der Waals surface area (Å²) in [5.74, 6) is 4.97. The van der Waals surface area contributed by atoms with Gasteiger partial charge in [-0.15, -0.1) is 0 Å². The van der Waals surface area contributed by atoms with E-state index in [1.807, 2.05) is 0 Å². The fraction of sp³-hybridized carbons (Fsp3) is 1.00. The largest absolute Gasteiger partial charge is 0.393 e. The van der Waals surface area contributed by atoms with Crippen LogP contribution in [0.1, 0.15) is 122 Å². The average molecular weight is 363 g/mol. The number of aliphatic hydroxyl groups is 1. The number of fused-ring (bicyclic) bond motifs is 1. The van der Waals surface area contributed by atoms with Crippen LogP contribution in [-0.2, 0) is 0 Å². The summed E-state index contributed by atoms with van der Waals surface area (Å²) in [6.07, 6.45) is 25.8. The van der Waals surface area contributed by atoms with E-state index in [0.29, 0.717) is 0 Å². The SMILES string of the molecule is CCCCCCCCCC1CCC(C2CCC3CC(O)CCC3C2)CC1. The molecule has 0 bridgehead atoms. The van der Waals surface area contributed by atoms with Gasteiger partial charge in [0.15, 0.2) is 0 Å². The second-order valence-corrected chi connectivity index (χ2v) is 10.3. The first-order valence-electron chi connectivity index (χ1n) is 12.4. The highest BCUT2D eigenvalue weighted by Gasteiger charge is 2.38. The van der Waals surface area contributed by atoms with Gasteiger partial charge in [0.25, 0.3) is 0 Å². The van der Waals surface area contributed by atoms with Gasteiger partial charge in [-0.1, -0.05) is 71.1 Å². The predicted octanol–water partition coefficient (Wildman–Crippen LogP) is 7.51. The molecular weight excluding hydrogens is 316 g/mol. The fourth-order valence-electron chi connectivity index (χ4n) is 6.67. The first-order valence-corrected chi connectivity index (χ1v) is 12.4. The molecule has 1 N–H and O–H groups in total. The summed E-state index contributed by atoms with van der Waals surface area (Å²) in [4.78, 5) is 0. The maximum absolute atomic E-state index is 9.93. The Balaban J connectivity index is 1.27. The Hall–Kier alpha value is -0.0400. The number of hydrogen-bond acceptors (Lipinski definition) is 1. The predicted molar refractivity (Wildman–Crippen MR) is 112 cm³/mol. The Bertz CT molecular complexity index is 370. The zero-order valence-corrected chi connectivity index (χ0v) is 17.6. The molecule has 26 heavy (non-hydrogen) atoms. The Labute approximate surface area is 163 Å². The molecule has 0 amide bonds. The molecule has 3 rings (SSSR count). The summed E-state index contributed by atoms with van der Waals surface area (Å²) >= 11 is 0. The lowest BCUT2D eigenvalue weighted by Crippen LogP contribution is -2.35. The van der Waals surface area contributed by atoms with Crippen LogP contribution in [-0.4, -0.2) is 11.2 Å². The standard InChI is InChI=1S/C25H46O/c1-2-3-4-5-6-7-8-9-20-10-12-21(13-11-20)22-14-15-24-19-25(26)17-16-23(24)18-22/h20-26H,2-19H2,1H3. The lowest BCUT2D eigenvalue weighted by molar-refractivity contribution is 0.0189. The summed E-state index contributed by atoms with van der Waals surface area (Å²) in [6, 6.07) is 0. The van der Waals surface area contributed by atoms with Crippen molar-refractivity contribution in [2.75, 3.05) is 0 Å². The number of rotatable bonds is 9. The maximum atomic E-state index is 9.93. The van der Waals surface area contributed by atoms with Gasteiger partial charge in [-0.25, -0.2) is 0 Å². The normalized spacial score (nSPS) is 38.1. The molecule has 1 heteroatoms. The van der Waals surface area contributed by atoms with Gasteiger partial charge in [0.2, 0.25) is 0 Å². The van der Waals surface area contributed by atoms with Gasteiger partial charge >= 0.3 is 0 Å². The molecule has 0 aromatic rings. The average Bonchev–Trinajstić information content (AvgIpc) is 2.67. The van der Waals surface area contributed by atoms with Crippen LogP contribution in [0.4, 0.5) is 0 Å². The Morgan fingerprint density at radius 1 is 0.577 bits per heavy atom. The molecule has 3 aliphatic rings. The second kappa shape index (κ2) is 11.1. The van der Waals surface area contributed by atoms with E-state index in [1.165, 1.54) is 103 Å². The van der Waals surface area contributed by atoms with Crippen molar-refractivity contribution in [1.29, 1.82) is 0 Å². The van der Waals surface area contributed by atoms with E-state index in [9.17, 15) is 5.11 Å². The van der Waals surface area contributed by atoms with E-state index < -0.39 is 0 Å². The van der Waals surface area contributed by atoms with E-state index in [0.717, 1.165) is 42.4 Å². The Morgan fingerprint density at radius 3 is 1.85 bits per heavy atom. The van der Waals surface area contributed by atoms with Crippen molar-refractivity contribution in [2.45, 2.75) is 129 Å². The summed E-state index contributed by atoms with van der Waals surface area (Å²) < 4.78 is 0. The van der Waals surface area contributed by atoms with E-state index in [2.05, 4.69) is 6.92 Å². The van der Waals surface area contributed by atoms with Gasteiger partial charge in [0.05, 0.1) is 6.10 Å². The highest BCUT2D eigenvalue weighted by atomic mass is 16.3. The molecule has 0 saturated heterocycles. The first-order chi connectivity index (χ1) is 12.8. The molecule has 1 nitrogen and oxygen atoms in total. The molecule has 4 atom stereocenters. The molecule has 0 aromatic heterocycles. The summed E-state index contributed by atoms with van der Waals surface area (Å²) in [5.41, 5.74) is 0. The zero-order chi connectivity index (χ0) is 18.2. The van der Waals surface area contributed by atoms with Gasteiger partial charge < -0.3 is 5.11 Å². The van der Waals surface area contributed by atoms with E-state index in [1.54, 1.807) is 0 Å². The van der Waals surface area contributed by atoms with Crippen molar-refractivity contribution < 1.29 is 5.11 Å². The van der Waals surface area contributed by atoms with Crippen molar-refractivity contribution in [3.8, 4) is 0 Å². The molecule has 152 valence electrons. The van der Waals surface area contributed by atoms with Gasteiger partial charge in [-0.3, -0.25) is 0 Å². The molecule has 0 heterocycles. The van der Waals surface area contributed by atoms with Crippen molar-refractivity contribution in [1.82, 2.24) is 0 Å². The third kappa shape index (κ3) is 6.25. The highest BCUT2D eigenvalue weighted by Crippen LogP contribution is 2.48. The minimum absolute atomic E-state index is 0.0230. The monoisotopic (exact) mass is 362 g/mol. The molecule has 0 aliphatic heterocycles. The molecule has 3 saturated carbocycles. The van der Waals surface area contributed by atoms with E-state index in [-0.39, 0.29) is 6.10 Å². The van der Waals surface area contributed by atoms with Crippen LogP contribution in [0.2, 0.25) is 0 Å². The van der Waals surface area contributed by atoms with Crippen molar-refractivity contribution >= 4 is 0 Å². The lowest BCUT2D eigenvalue weighted by atomic mass is 9.62. The molecule has 4 unspecified atom stereocenters. The fourth-order valence-corrected chi connectivity index (χ4v) is 6.67. The summed E-state index contributed by atoms with van der Waals surface area (Å²) in [6.45, 7) is 2.31. The van der Waals surface area contributed by atoms with Crippen LogP contribution in [0.5, 0.6) is 0 Å². The van der Waals surface area contributed by atoms with Crippen molar-refractivity contribution in [3.05, 3.63) is 0 Å². The smallest absolute Gasteiger partial charge is 0.0543 e. The maximum Gasteiger partial charge on any atom is 0.0543 e. The first kappa shape index (κ1) is 20.7. The third-order valence-corrected chi connectivity index (χ3v) is 8.40. The molecule has 3 aliphatic carbocycles. The lowest BCUT2D eigenvalue weighted by Gasteiger charge is -2.44. The van der Waals surface area contributed by atoms with Crippen LogP contribution in [0.25, 0.3) is 0 Å². The second-order valence-electron chi connectivity index (χ2n) is 10.3. The third-order valence-electron chi connectivity index (χ3n) is 8.40.